The molecule has 104 valence electrons. The van der Waals surface area contributed by atoms with Crippen LogP contribution in [0, 0.1) is 5.92 Å². The van der Waals surface area contributed by atoms with E-state index in [1.807, 2.05) is 0 Å². The van der Waals surface area contributed by atoms with Gasteiger partial charge in [0.1, 0.15) is 0 Å². The number of para-hydroxylation sites is 1. The fourth-order valence-electron chi connectivity index (χ4n) is 3.20. The third kappa shape index (κ3) is 1.84. The quantitative estimate of drug-likeness (QED) is 0.909. The topological polar surface area (TPSA) is 34.0 Å². The molecular formula is C17H20N2O. The Balaban J connectivity index is 1.62. The fraction of sp³-hybridized carbons (Fsp3) is 0.471. The molecule has 2 aromatic rings. The highest BCUT2D eigenvalue weighted by molar-refractivity contribution is 5.86. The molecule has 3 heteroatoms. The van der Waals surface area contributed by atoms with Crippen molar-refractivity contribution in [1.82, 2.24) is 9.88 Å². The van der Waals surface area contributed by atoms with Crippen LogP contribution in [-0.2, 0) is 17.3 Å². The van der Waals surface area contributed by atoms with Gasteiger partial charge in [0.05, 0.1) is 0 Å². The Morgan fingerprint density at radius 2 is 2.10 bits per heavy atom. The van der Waals surface area contributed by atoms with E-state index in [4.69, 9.17) is 0 Å². The van der Waals surface area contributed by atoms with Crippen molar-refractivity contribution in [2.24, 2.45) is 13.0 Å². The van der Waals surface area contributed by atoms with E-state index in [-0.39, 0.29) is 11.3 Å². The highest BCUT2D eigenvalue weighted by atomic mass is 16.2. The van der Waals surface area contributed by atoms with Crippen LogP contribution < -0.4 is 5.32 Å². The maximum Gasteiger partial charge on any atom is 0.223 e. The Labute approximate surface area is 119 Å². The number of rotatable bonds is 4. The van der Waals surface area contributed by atoms with Crippen molar-refractivity contribution in [3.05, 3.63) is 36.0 Å². The molecule has 4 rings (SSSR count). The molecule has 0 unspecified atom stereocenters. The zero-order chi connectivity index (χ0) is 13.7. The van der Waals surface area contributed by atoms with E-state index >= 15 is 0 Å². The first-order valence-corrected chi connectivity index (χ1v) is 7.52. The summed E-state index contributed by atoms with van der Waals surface area (Å²) in [7, 11) is 2.10. The van der Waals surface area contributed by atoms with Gasteiger partial charge in [-0.2, -0.15) is 0 Å². The highest BCUT2D eigenvalue weighted by Crippen LogP contribution is 2.50. The molecule has 20 heavy (non-hydrogen) atoms. The maximum absolute atomic E-state index is 11.9. The third-order valence-corrected chi connectivity index (χ3v) is 4.87. The van der Waals surface area contributed by atoms with Crippen LogP contribution in [0.25, 0.3) is 10.9 Å². The first kappa shape index (κ1) is 12.0. The van der Waals surface area contributed by atoms with Crippen molar-refractivity contribution < 1.29 is 4.79 Å². The lowest BCUT2D eigenvalue weighted by Crippen LogP contribution is -2.33. The van der Waals surface area contributed by atoms with Crippen molar-refractivity contribution in [1.29, 1.82) is 0 Å². The number of nitrogens with zero attached hydrogens (tertiary/aromatic N) is 1. The lowest BCUT2D eigenvalue weighted by atomic mass is 9.95. The van der Waals surface area contributed by atoms with Gasteiger partial charge in [0.25, 0.3) is 0 Å². The van der Waals surface area contributed by atoms with E-state index in [0.29, 0.717) is 5.92 Å². The third-order valence-electron chi connectivity index (χ3n) is 4.87. The van der Waals surface area contributed by atoms with Crippen LogP contribution in [0.5, 0.6) is 0 Å². The van der Waals surface area contributed by atoms with Crippen LogP contribution in [0.2, 0.25) is 0 Å². The van der Waals surface area contributed by atoms with Crippen molar-refractivity contribution in [2.45, 2.75) is 31.1 Å². The number of aromatic nitrogens is 1. The zero-order valence-corrected chi connectivity index (χ0v) is 11.9. The smallest absolute Gasteiger partial charge is 0.223 e. The van der Waals surface area contributed by atoms with Crippen molar-refractivity contribution in [3.8, 4) is 0 Å². The summed E-state index contributed by atoms with van der Waals surface area (Å²) in [6.07, 6.45) is 6.78. The average molecular weight is 268 g/mol. The van der Waals surface area contributed by atoms with Gasteiger partial charge >= 0.3 is 0 Å². The molecule has 1 N–H and O–H groups in total. The standard InChI is InChI=1S/C17H20N2O/c1-19-10-14(13-4-2-3-5-15(13)19)17(8-9-17)11-18-16(20)12-6-7-12/h2-5,10,12H,6-9,11H2,1H3,(H,18,20). The summed E-state index contributed by atoms with van der Waals surface area (Å²) in [5, 5.41) is 4.51. The maximum atomic E-state index is 11.9. The van der Waals surface area contributed by atoms with E-state index in [0.717, 1.165) is 19.4 Å². The Bertz CT molecular complexity index is 677. The summed E-state index contributed by atoms with van der Waals surface area (Å²) in [5.41, 5.74) is 2.87. The Morgan fingerprint density at radius 1 is 1.35 bits per heavy atom. The fourth-order valence-corrected chi connectivity index (χ4v) is 3.20. The minimum absolute atomic E-state index is 0.186. The molecule has 1 aromatic carbocycles. The molecule has 0 spiro atoms. The van der Waals surface area contributed by atoms with Crippen molar-refractivity contribution in [3.63, 3.8) is 0 Å². The predicted molar refractivity (Wildman–Crippen MR) is 79.6 cm³/mol. The number of amides is 1. The van der Waals surface area contributed by atoms with E-state index in [2.05, 4.69) is 47.4 Å². The van der Waals surface area contributed by atoms with Crippen LogP contribution in [0.4, 0.5) is 0 Å². The van der Waals surface area contributed by atoms with Gasteiger partial charge in [-0.1, -0.05) is 18.2 Å². The molecule has 3 nitrogen and oxygen atoms in total. The van der Waals surface area contributed by atoms with Crippen LogP contribution in [0.3, 0.4) is 0 Å². The summed E-state index contributed by atoms with van der Waals surface area (Å²) in [5.74, 6) is 0.565. The van der Waals surface area contributed by atoms with Crippen LogP contribution in [0.15, 0.2) is 30.5 Å². The molecule has 0 radical (unpaired) electrons. The summed E-state index contributed by atoms with van der Waals surface area (Å²) >= 11 is 0. The number of carbonyl (C=O) groups is 1. The lowest BCUT2D eigenvalue weighted by Gasteiger charge is -2.15. The Morgan fingerprint density at radius 3 is 2.80 bits per heavy atom. The monoisotopic (exact) mass is 268 g/mol. The van der Waals surface area contributed by atoms with Crippen LogP contribution >= 0.6 is 0 Å². The Hall–Kier alpha value is -1.77. The van der Waals surface area contributed by atoms with Gasteiger partial charge < -0.3 is 9.88 Å². The number of fused-ring (bicyclic) bond motifs is 1. The van der Waals surface area contributed by atoms with Gasteiger partial charge in [0, 0.05) is 42.0 Å². The minimum Gasteiger partial charge on any atom is -0.355 e. The van der Waals surface area contributed by atoms with E-state index < -0.39 is 0 Å². The number of hydrogen-bond donors (Lipinski definition) is 1. The first-order valence-electron chi connectivity index (χ1n) is 7.52. The summed E-state index contributed by atoms with van der Waals surface area (Å²) in [6, 6.07) is 8.55. The molecular weight excluding hydrogens is 248 g/mol. The number of aryl methyl sites for hydroxylation is 1. The molecule has 2 fully saturated rings. The second-order valence-electron chi connectivity index (χ2n) is 6.44. The van der Waals surface area contributed by atoms with Crippen molar-refractivity contribution in [2.75, 3.05) is 6.54 Å². The molecule has 1 amide bonds. The largest absolute Gasteiger partial charge is 0.355 e. The van der Waals surface area contributed by atoms with Gasteiger partial charge in [-0.05, 0) is 37.3 Å². The van der Waals surface area contributed by atoms with Gasteiger partial charge in [-0.25, -0.2) is 0 Å². The summed E-state index contributed by atoms with van der Waals surface area (Å²) in [4.78, 5) is 11.9. The number of benzene rings is 1. The molecule has 2 aliphatic rings. The molecule has 1 heterocycles. The summed E-state index contributed by atoms with van der Waals surface area (Å²) in [6.45, 7) is 0.802. The molecule has 1 aromatic heterocycles. The van der Waals surface area contributed by atoms with E-state index in [1.54, 1.807) is 0 Å². The van der Waals surface area contributed by atoms with E-state index in [1.165, 1.54) is 29.3 Å². The molecule has 0 atom stereocenters. The molecule has 0 aliphatic heterocycles. The van der Waals surface area contributed by atoms with Crippen LogP contribution in [0.1, 0.15) is 31.2 Å². The first-order chi connectivity index (χ1) is 9.70. The second-order valence-corrected chi connectivity index (χ2v) is 6.44. The predicted octanol–water partition coefficient (Wildman–Crippen LogP) is 2.74. The molecule has 2 saturated carbocycles. The van der Waals surface area contributed by atoms with Gasteiger partial charge in [-0.15, -0.1) is 0 Å². The zero-order valence-electron chi connectivity index (χ0n) is 11.9. The van der Waals surface area contributed by atoms with Gasteiger partial charge in [-0.3, -0.25) is 4.79 Å². The van der Waals surface area contributed by atoms with Gasteiger partial charge in [0.2, 0.25) is 5.91 Å². The number of nitrogens with one attached hydrogen (secondary N) is 1. The Kier molecular flexibility index (Phi) is 2.47. The lowest BCUT2D eigenvalue weighted by molar-refractivity contribution is -0.122. The van der Waals surface area contributed by atoms with Crippen molar-refractivity contribution >= 4 is 16.8 Å². The normalized spacial score (nSPS) is 20.1. The van der Waals surface area contributed by atoms with E-state index in [9.17, 15) is 4.79 Å². The SMILES string of the molecule is Cn1cc(C2(CNC(=O)C3CC3)CC2)c2ccccc21. The average Bonchev–Trinajstić information content (AvgIpc) is 3.37. The summed E-state index contributed by atoms with van der Waals surface area (Å²) < 4.78 is 2.20. The molecule has 0 saturated heterocycles. The minimum atomic E-state index is 0.186. The second kappa shape index (κ2) is 4.11. The van der Waals surface area contributed by atoms with Gasteiger partial charge in [0.15, 0.2) is 0 Å². The number of hydrogen-bond acceptors (Lipinski definition) is 1. The number of carbonyl (C=O) groups excluding carboxylic acids is 1. The highest BCUT2D eigenvalue weighted by Gasteiger charge is 2.46. The molecule has 2 aliphatic carbocycles. The molecule has 0 bridgehead atoms. The van der Waals surface area contributed by atoms with Crippen LogP contribution in [-0.4, -0.2) is 17.0 Å².